The quantitative estimate of drug-likeness (QED) is 0.649. The molecule has 0 bridgehead atoms. The minimum atomic E-state index is 0. The average molecular weight is 262 g/mol. The number of rotatable bonds is 5. The van der Waals surface area contributed by atoms with E-state index in [4.69, 9.17) is 0 Å². The second-order valence-electron chi connectivity index (χ2n) is 3.69. The van der Waals surface area contributed by atoms with Gasteiger partial charge in [0.2, 0.25) is 0 Å². The second kappa shape index (κ2) is 7.96. The molecule has 2 nitrogen and oxygen atoms in total. The van der Waals surface area contributed by atoms with E-state index in [1.165, 1.54) is 15.5 Å². The maximum absolute atomic E-state index is 9.40. The summed E-state index contributed by atoms with van der Waals surface area (Å²) in [5.74, 6) is 0. The summed E-state index contributed by atoms with van der Waals surface area (Å²) in [7, 11) is 1.71. The Labute approximate surface area is 108 Å². The van der Waals surface area contributed by atoms with E-state index in [-0.39, 0.29) is 18.4 Å². The van der Waals surface area contributed by atoms with Gasteiger partial charge in [-0.15, -0.1) is 24.2 Å². The number of hydrogen-bond acceptors (Lipinski definition) is 3. The Balaban J connectivity index is 0.00000225. The molecule has 0 fully saturated rings. The smallest absolute Gasteiger partial charge is 0.0384 e. The number of hydrogen-bond donors (Lipinski definition) is 1. The predicted molar refractivity (Wildman–Crippen MR) is 72.8 cm³/mol. The highest BCUT2D eigenvalue weighted by atomic mass is 35.5. The standard InChI is InChI=1S/C12H19NOS.ClH/c1-4-11(13(2)14)9-10-5-7-12(15-3)8-6-10;/h5-8,11,14H,4,9H2,1-3H3;1H. The number of nitrogens with zero attached hydrogens (tertiary/aromatic N) is 1. The van der Waals surface area contributed by atoms with Crippen molar-refractivity contribution in [3.8, 4) is 0 Å². The molecule has 0 spiro atoms. The molecule has 0 amide bonds. The zero-order valence-electron chi connectivity index (χ0n) is 10.0. The molecule has 1 aromatic rings. The van der Waals surface area contributed by atoms with E-state index in [0.717, 1.165) is 12.8 Å². The van der Waals surface area contributed by atoms with Crippen LogP contribution in [0.1, 0.15) is 18.9 Å². The summed E-state index contributed by atoms with van der Waals surface area (Å²) in [5, 5.41) is 10.7. The van der Waals surface area contributed by atoms with Gasteiger partial charge in [0.05, 0.1) is 0 Å². The van der Waals surface area contributed by atoms with Crippen molar-refractivity contribution in [2.75, 3.05) is 13.3 Å². The molecule has 1 atom stereocenters. The van der Waals surface area contributed by atoms with Crippen molar-refractivity contribution in [2.24, 2.45) is 0 Å². The molecule has 1 rings (SSSR count). The fraction of sp³-hybridized carbons (Fsp3) is 0.500. The zero-order chi connectivity index (χ0) is 11.3. The maximum Gasteiger partial charge on any atom is 0.0384 e. The van der Waals surface area contributed by atoms with Gasteiger partial charge in [0.15, 0.2) is 0 Å². The molecule has 4 heteroatoms. The lowest BCUT2D eigenvalue weighted by Gasteiger charge is -2.20. The second-order valence-corrected chi connectivity index (χ2v) is 4.57. The predicted octanol–water partition coefficient (Wildman–Crippen LogP) is 3.47. The van der Waals surface area contributed by atoms with Crippen molar-refractivity contribution in [1.82, 2.24) is 5.06 Å². The van der Waals surface area contributed by atoms with Crippen molar-refractivity contribution < 1.29 is 5.21 Å². The van der Waals surface area contributed by atoms with Crippen LogP contribution in [0.5, 0.6) is 0 Å². The number of thioether (sulfide) groups is 1. The normalized spacial score (nSPS) is 12.3. The van der Waals surface area contributed by atoms with Crippen molar-refractivity contribution in [1.29, 1.82) is 0 Å². The van der Waals surface area contributed by atoms with Crippen molar-refractivity contribution in [3.63, 3.8) is 0 Å². The summed E-state index contributed by atoms with van der Waals surface area (Å²) in [4.78, 5) is 1.28. The third kappa shape index (κ3) is 4.74. The molecule has 0 aliphatic rings. The summed E-state index contributed by atoms with van der Waals surface area (Å²) in [6.45, 7) is 2.09. The molecule has 0 aromatic heterocycles. The van der Waals surface area contributed by atoms with Crippen molar-refractivity contribution >= 4 is 24.2 Å². The van der Waals surface area contributed by atoms with Crippen LogP contribution < -0.4 is 0 Å². The highest BCUT2D eigenvalue weighted by Crippen LogP contribution is 2.16. The van der Waals surface area contributed by atoms with E-state index in [9.17, 15) is 5.21 Å². The summed E-state index contributed by atoms with van der Waals surface area (Å²) in [6, 6.07) is 8.75. The number of likely N-dealkylation sites (N-methyl/N-ethyl adjacent to an activating group) is 1. The molecule has 1 N–H and O–H groups in total. The van der Waals surface area contributed by atoms with Gasteiger partial charge in [-0.1, -0.05) is 19.1 Å². The number of halogens is 1. The molecule has 0 heterocycles. The van der Waals surface area contributed by atoms with Gasteiger partial charge >= 0.3 is 0 Å². The average Bonchev–Trinajstić information content (AvgIpc) is 2.26. The van der Waals surface area contributed by atoms with E-state index >= 15 is 0 Å². The lowest BCUT2D eigenvalue weighted by molar-refractivity contribution is -0.103. The Bertz CT molecular complexity index is 290. The molecule has 0 radical (unpaired) electrons. The Kier molecular flexibility index (Phi) is 7.85. The summed E-state index contributed by atoms with van der Waals surface area (Å²) in [5.41, 5.74) is 1.28. The first-order chi connectivity index (χ1) is 7.17. The van der Waals surface area contributed by atoms with Gasteiger partial charge in [0.1, 0.15) is 0 Å². The summed E-state index contributed by atoms with van der Waals surface area (Å²) >= 11 is 1.75. The van der Waals surface area contributed by atoms with Gasteiger partial charge < -0.3 is 5.21 Å². The SMILES string of the molecule is CCC(Cc1ccc(SC)cc1)N(C)O.Cl. The molecule has 0 aliphatic heterocycles. The van der Waals surface area contributed by atoms with Crippen molar-refractivity contribution in [3.05, 3.63) is 29.8 Å². The van der Waals surface area contributed by atoms with Crippen LogP contribution in [0.4, 0.5) is 0 Å². The Morgan fingerprint density at radius 3 is 2.25 bits per heavy atom. The van der Waals surface area contributed by atoms with E-state index < -0.39 is 0 Å². The lowest BCUT2D eigenvalue weighted by atomic mass is 10.0. The Hall–Kier alpha value is -0.220. The van der Waals surface area contributed by atoms with Crippen LogP contribution >= 0.6 is 24.2 Å². The minimum Gasteiger partial charge on any atom is -0.314 e. The van der Waals surface area contributed by atoms with Gasteiger partial charge in [0, 0.05) is 18.0 Å². The van der Waals surface area contributed by atoms with E-state index in [1.807, 2.05) is 0 Å². The summed E-state index contributed by atoms with van der Waals surface area (Å²) < 4.78 is 0. The van der Waals surface area contributed by atoms with Crippen LogP contribution in [0.15, 0.2) is 29.2 Å². The maximum atomic E-state index is 9.40. The Morgan fingerprint density at radius 2 is 1.88 bits per heavy atom. The molecule has 0 saturated carbocycles. The van der Waals surface area contributed by atoms with Gasteiger partial charge in [-0.25, -0.2) is 0 Å². The molecule has 92 valence electrons. The third-order valence-electron chi connectivity index (χ3n) is 2.63. The number of hydroxylamine groups is 2. The molecular formula is C12H20ClNOS. The molecule has 0 aliphatic carbocycles. The molecule has 1 aromatic carbocycles. The van der Waals surface area contributed by atoms with Crippen LogP contribution in [-0.4, -0.2) is 29.6 Å². The molecule has 0 saturated heterocycles. The van der Waals surface area contributed by atoms with Crippen LogP contribution in [0.3, 0.4) is 0 Å². The highest BCUT2D eigenvalue weighted by Gasteiger charge is 2.10. The fourth-order valence-electron chi connectivity index (χ4n) is 1.57. The van der Waals surface area contributed by atoms with E-state index in [2.05, 4.69) is 37.4 Å². The number of benzene rings is 1. The summed E-state index contributed by atoms with van der Waals surface area (Å²) in [6.07, 6.45) is 3.93. The van der Waals surface area contributed by atoms with Gasteiger partial charge in [-0.05, 0) is 36.8 Å². The zero-order valence-corrected chi connectivity index (χ0v) is 11.6. The largest absolute Gasteiger partial charge is 0.314 e. The monoisotopic (exact) mass is 261 g/mol. The van der Waals surface area contributed by atoms with Crippen LogP contribution in [-0.2, 0) is 6.42 Å². The van der Waals surface area contributed by atoms with Gasteiger partial charge in [-0.3, -0.25) is 0 Å². The van der Waals surface area contributed by atoms with Gasteiger partial charge in [0.25, 0.3) is 0 Å². The first-order valence-corrected chi connectivity index (χ1v) is 6.44. The molecular weight excluding hydrogens is 242 g/mol. The fourth-order valence-corrected chi connectivity index (χ4v) is 1.98. The van der Waals surface area contributed by atoms with Crippen LogP contribution in [0.25, 0.3) is 0 Å². The van der Waals surface area contributed by atoms with Crippen molar-refractivity contribution in [2.45, 2.75) is 30.7 Å². The first-order valence-electron chi connectivity index (χ1n) is 5.22. The van der Waals surface area contributed by atoms with E-state index in [1.54, 1.807) is 18.8 Å². The molecule has 1 unspecified atom stereocenters. The van der Waals surface area contributed by atoms with Gasteiger partial charge in [-0.2, -0.15) is 5.06 Å². The third-order valence-corrected chi connectivity index (χ3v) is 3.37. The Morgan fingerprint density at radius 1 is 1.31 bits per heavy atom. The minimum absolute atomic E-state index is 0. The topological polar surface area (TPSA) is 23.5 Å². The first kappa shape index (κ1) is 15.8. The highest BCUT2D eigenvalue weighted by molar-refractivity contribution is 7.98. The molecule has 16 heavy (non-hydrogen) atoms. The van der Waals surface area contributed by atoms with Crippen LogP contribution in [0, 0.1) is 0 Å². The van der Waals surface area contributed by atoms with E-state index in [0.29, 0.717) is 0 Å². The van der Waals surface area contributed by atoms with Crippen LogP contribution in [0.2, 0.25) is 0 Å². The lowest BCUT2D eigenvalue weighted by Crippen LogP contribution is -2.29.